The number of benzene rings is 1. The first-order valence-electron chi connectivity index (χ1n) is 40.6. The molecule has 0 atom stereocenters. The third kappa shape index (κ3) is 17.2. The molecule has 0 unspecified atom stereocenters. The highest BCUT2D eigenvalue weighted by atomic mass is 35.5. The number of halogens is 3. The molecule has 1 N–H and O–H groups in total. The number of imidazole rings is 3. The summed E-state index contributed by atoms with van der Waals surface area (Å²) in [5.74, 6) is 1.47. The van der Waals surface area contributed by atoms with Gasteiger partial charge in [-0.05, 0) is 223 Å². The standard InChI is InChI=1S/C22H23ClN6O2.C22H23ClN6O.C22H24N6O.C21H21ClN6O/c1-14-12-28-13-16(10-17(23)22(28)24-14)19-11-21(31)29-20(25-19)3-2-18(26-29)15-4-6-27(7-5-15)8-9-30;1-3-27-8-6-15(7-9-27)18-4-5-20-25-19(11-21(30)29(20)26-18)16-10-17(23)22-24-14(2)12-28(22)13-16;1-3-27-10-8-15(9-11-27)18-6-7-21-23-20(13-22(29)28(21)25-18)16-4-5-19-17(12-16)14-26(2)24-19;1-13-11-27-12-15(9-16(22)21(27)23-13)18-10-20(29)28-19(24-18)4-3-17(25-28)14-5-7-26(2)8-6-14/h2-3,10-13,15,30H,4-9H2,1H3;4-5,10-13,15H,3,6-9H2,1-2H3;4-7,12-15H,3,8-11H2,1-2H3;3-4,9-12,14H,5-8H2,1-2H3. The van der Waals surface area contributed by atoms with E-state index in [1.54, 1.807) is 28.9 Å². The summed E-state index contributed by atoms with van der Waals surface area (Å²) in [7, 11) is 4.03. The molecule has 0 aliphatic carbocycles. The van der Waals surface area contributed by atoms with Gasteiger partial charge in [0.1, 0.15) is 0 Å². The number of nitrogens with zero attached hydrogens (tertiary/aromatic N) is 24. The van der Waals surface area contributed by atoms with Gasteiger partial charge in [0.05, 0.1) is 89.8 Å². The van der Waals surface area contributed by atoms with Gasteiger partial charge < -0.3 is 37.9 Å². The molecule has 4 aliphatic heterocycles. The number of β-amino-alcohol motifs (C(OH)–C–C–N with tert-alkyl or cyclic N) is 1. The van der Waals surface area contributed by atoms with E-state index in [1.165, 1.54) is 36.3 Å². The Morgan fingerprint density at radius 3 is 1.01 bits per heavy atom. The number of rotatable bonds is 12. The molecule has 0 saturated carbocycles. The number of hydrogen-bond donors (Lipinski definition) is 1. The van der Waals surface area contributed by atoms with Gasteiger partial charge in [0, 0.05) is 133 Å². The van der Waals surface area contributed by atoms with Gasteiger partial charge in [0.25, 0.3) is 22.2 Å². The van der Waals surface area contributed by atoms with Gasteiger partial charge in [-0.15, -0.1) is 0 Å². The zero-order valence-electron chi connectivity index (χ0n) is 67.3. The molecule has 32 heteroatoms. The van der Waals surface area contributed by atoms with Crippen LogP contribution in [0.1, 0.15) is 129 Å². The minimum Gasteiger partial charge on any atom is -0.395 e. The van der Waals surface area contributed by atoms with Gasteiger partial charge in [-0.1, -0.05) is 54.7 Å². The third-order valence-electron chi connectivity index (χ3n) is 23.3. The second-order valence-electron chi connectivity index (χ2n) is 31.5. The average Bonchev–Trinajstić information content (AvgIpc) is 1.75. The second kappa shape index (κ2) is 34.1. The van der Waals surface area contributed by atoms with Crippen molar-refractivity contribution < 1.29 is 5.11 Å². The first-order chi connectivity index (χ1) is 57.6. The molecule has 610 valence electrons. The smallest absolute Gasteiger partial charge is 0.275 e. The quantitative estimate of drug-likeness (QED) is 0.119. The molecule has 29 nitrogen and oxygen atoms in total. The molecule has 4 fully saturated rings. The molecule has 20 rings (SSSR count). The van der Waals surface area contributed by atoms with E-state index in [2.05, 4.69) is 95.9 Å². The Balaban J connectivity index is 0.000000113. The van der Waals surface area contributed by atoms with E-state index in [-0.39, 0.29) is 28.8 Å². The molecule has 15 aromatic heterocycles. The Kier molecular flexibility index (Phi) is 23.0. The van der Waals surface area contributed by atoms with Crippen LogP contribution in [0.3, 0.4) is 0 Å². The fourth-order valence-electron chi connectivity index (χ4n) is 16.8. The first kappa shape index (κ1) is 80.0. The zero-order chi connectivity index (χ0) is 82.4. The molecule has 0 spiro atoms. The number of likely N-dealkylation sites (tertiary alicyclic amines) is 4. The van der Waals surface area contributed by atoms with Crippen LogP contribution in [0.25, 0.3) is 95.5 Å². The Bertz CT molecular complexity index is 6780. The normalized spacial score (nSPS) is 16.0. The van der Waals surface area contributed by atoms with Crippen molar-refractivity contribution in [2.24, 2.45) is 7.05 Å². The van der Waals surface area contributed by atoms with E-state index in [0.29, 0.717) is 108 Å². The fraction of sp³-hybridized carbons (Fsp3) is 0.356. The Labute approximate surface area is 698 Å². The number of aliphatic hydroxyl groups excluding tert-OH is 1. The van der Waals surface area contributed by atoms with Crippen LogP contribution < -0.4 is 22.2 Å². The van der Waals surface area contributed by atoms with Crippen LogP contribution in [0.15, 0.2) is 172 Å². The second-order valence-corrected chi connectivity index (χ2v) is 32.7. The van der Waals surface area contributed by atoms with Crippen molar-refractivity contribution in [1.82, 2.24) is 116 Å². The van der Waals surface area contributed by atoms with E-state index in [9.17, 15) is 19.2 Å². The number of aryl methyl sites for hydroxylation is 4. The van der Waals surface area contributed by atoms with Gasteiger partial charge in [0.15, 0.2) is 39.5 Å². The topological polar surface area (TPSA) is 292 Å². The highest BCUT2D eigenvalue weighted by Gasteiger charge is 2.27. The van der Waals surface area contributed by atoms with Crippen molar-refractivity contribution in [2.75, 3.05) is 85.6 Å². The van der Waals surface area contributed by atoms with E-state index in [4.69, 9.17) is 44.9 Å². The Morgan fingerprint density at radius 1 is 0.361 bits per heavy atom. The van der Waals surface area contributed by atoms with E-state index in [0.717, 1.165) is 190 Å². The number of aliphatic hydroxyl groups is 1. The molecule has 1 aromatic carbocycles. The maximum Gasteiger partial charge on any atom is 0.275 e. The van der Waals surface area contributed by atoms with E-state index in [1.807, 2.05) is 151 Å². The summed E-state index contributed by atoms with van der Waals surface area (Å²) < 4.78 is 13.0. The summed E-state index contributed by atoms with van der Waals surface area (Å²) in [5, 5.41) is 34.6. The number of fused-ring (bicyclic) bond motifs is 8. The molecule has 16 aromatic rings. The van der Waals surface area contributed by atoms with Crippen molar-refractivity contribution >= 4 is 85.2 Å². The van der Waals surface area contributed by atoms with Crippen molar-refractivity contribution in [3.63, 3.8) is 0 Å². The molecule has 0 bridgehead atoms. The van der Waals surface area contributed by atoms with Gasteiger partial charge in [0.2, 0.25) is 0 Å². The summed E-state index contributed by atoms with van der Waals surface area (Å²) >= 11 is 19.2. The lowest BCUT2D eigenvalue weighted by molar-refractivity contribution is 0.163. The molecule has 4 aliphatic rings. The van der Waals surface area contributed by atoms with Crippen LogP contribution in [0, 0.1) is 20.8 Å². The van der Waals surface area contributed by atoms with Crippen LogP contribution in [-0.2, 0) is 7.05 Å². The molecule has 0 amide bonds. The first-order valence-corrected chi connectivity index (χ1v) is 41.7. The molecule has 4 saturated heterocycles. The van der Waals surface area contributed by atoms with Crippen molar-refractivity contribution in [3.8, 4) is 45.0 Å². The molecular weight excluding hydrogens is 1570 g/mol. The number of piperidine rings is 4. The Morgan fingerprint density at radius 2 is 0.681 bits per heavy atom. The van der Waals surface area contributed by atoms with Crippen LogP contribution >= 0.6 is 34.8 Å². The van der Waals surface area contributed by atoms with Crippen molar-refractivity contribution in [2.45, 2.75) is 110 Å². The molecular formula is C87H91Cl3N24O5. The van der Waals surface area contributed by atoms with Crippen molar-refractivity contribution in [3.05, 3.63) is 249 Å². The summed E-state index contributed by atoms with van der Waals surface area (Å²) in [5.41, 5.74) is 16.3. The van der Waals surface area contributed by atoms with Crippen LogP contribution in [0.4, 0.5) is 0 Å². The number of pyridine rings is 3. The summed E-state index contributed by atoms with van der Waals surface area (Å²) in [6, 6.07) is 32.9. The van der Waals surface area contributed by atoms with Gasteiger partial charge >= 0.3 is 0 Å². The minimum absolute atomic E-state index is 0.149. The van der Waals surface area contributed by atoms with Crippen LogP contribution in [0.2, 0.25) is 15.1 Å². The monoisotopic (exact) mass is 1660 g/mol. The van der Waals surface area contributed by atoms with Gasteiger partial charge in [-0.25, -0.2) is 34.9 Å². The predicted molar refractivity (Wildman–Crippen MR) is 462 cm³/mol. The van der Waals surface area contributed by atoms with E-state index >= 15 is 0 Å². The third-order valence-corrected chi connectivity index (χ3v) is 24.1. The van der Waals surface area contributed by atoms with E-state index < -0.39 is 0 Å². The average molecular weight is 1660 g/mol. The molecule has 0 radical (unpaired) electrons. The highest BCUT2D eigenvalue weighted by Crippen LogP contribution is 2.34. The highest BCUT2D eigenvalue weighted by molar-refractivity contribution is 6.34. The number of aromatic nitrogens is 20. The SMILES string of the molecule is CCN1CCC(c2ccc3nc(-c4cc(Cl)c5nc(C)cn5c4)cc(=O)n3n2)CC1.CCN1CCC(c2ccc3nc(-c4ccc5nn(C)cc5c4)cc(=O)n3n2)CC1.Cc1cn2cc(-c3cc(=O)n4nc(C5CCN(C)CC5)ccc4n3)cc(Cl)c2n1.Cc1cn2cc(-c3cc(=O)n4nc(C5CCN(CCO)CC5)ccc4n3)cc(Cl)c2n1. The predicted octanol–water partition coefficient (Wildman–Crippen LogP) is 12.1. The summed E-state index contributed by atoms with van der Waals surface area (Å²) in [6.07, 6.45) is 21.6. The maximum atomic E-state index is 12.9. The van der Waals surface area contributed by atoms with Gasteiger partial charge in [-0.2, -0.15) is 43.6 Å². The van der Waals surface area contributed by atoms with Gasteiger partial charge in [-0.3, -0.25) is 23.9 Å². The number of hydrogen-bond acceptors (Lipinski definition) is 21. The van der Waals surface area contributed by atoms with Crippen molar-refractivity contribution in [1.29, 1.82) is 0 Å². The zero-order valence-corrected chi connectivity index (χ0v) is 69.6. The summed E-state index contributed by atoms with van der Waals surface area (Å²) in [6.45, 7) is 21.5. The lowest BCUT2D eigenvalue weighted by Gasteiger charge is -2.31. The van der Waals surface area contributed by atoms with Crippen LogP contribution in [0.5, 0.6) is 0 Å². The largest absolute Gasteiger partial charge is 0.395 e. The molecule has 119 heavy (non-hydrogen) atoms. The van der Waals surface area contributed by atoms with Crippen LogP contribution in [-0.4, -0.2) is 207 Å². The molecule has 19 heterocycles. The fourth-order valence-corrected chi connectivity index (χ4v) is 17.5. The minimum atomic E-state index is -0.224. The lowest BCUT2D eigenvalue weighted by Crippen LogP contribution is -2.35. The maximum absolute atomic E-state index is 12.9. The lowest BCUT2D eigenvalue weighted by atomic mass is 9.93. The summed E-state index contributed by atoms with van der Waals surface area (Å²) in [4.78, 5) is 92.7. The Hall–Kier alpha value is -11.4.